The first-order valence-corrected chi connectivity index (χ1v) is 9.92. The van der Waals surface area contributed by atoms with Gasteiger partial charge < -0.3 is 19.5 Å². The minimum Gasteiger partial charge on any atom is -0.478 e. The van der Waals surface area contributed by atoms with Crippen LogP contribution >= 0.6 is 0 Å². The van der Waals surface area contributed by atoms with Gasteiger partial charge in [0.15, 0.2) is 6.10 Å². The van der Waals surface area contributed by atoms with Crippen LogP contribution in [-0.4, -0.2) is 45.5 Å². The summed E-state index contributed by atoms with van der Waals surface area (Å²) in [5.74, 6) is 2.02. The smallest absolute Gasteiger partial charge is 0.266 e. The Bertz CT molecular complexity index is 855. The maximum atomic E-state index is 12.7. The molecule has 2 aliphatic heterocycles. The van der Waals surface area contributed by atoms with E-state index in [0.29, 0.717) is 17.4 Å². The molecule has 0 bridgehead atoms. The quantitative estimate of drug-likeness (QED) is 0.862. The average Bonchev–Trinajstić information content (AvgIpc) is 3.12. The summed E-state index contributed by atoms with van der Waals surface area (Å²) in [6.45, 7) is 4.48. The largest absolute Gasteiger partial charge is 0.478 e. The van der Waals surface area contributed by atoms with Crippen LogP contribution in [0.25, 0.3) is 0 Å². The maximum Gasteiger partial charge on any atom is 0.266 e. The monoisotopic (exact) mass is 382 g/mol. The van der Waals surface area contributed by atoms with Gasteiger partial charge in [-0.05, 0) is 44.2 Å². The molecule has 1 N–H and O–H groups in total. The number of amides is 2. The predicted octanol–water partition coefficient (Wildman–Crippen LogP) is 2.61. The van der Waals surface area contributed by atoms with Crippen molar-refractivity contribution < 1.29 is 14.3 Å². The van der Waals surface area contributed by atoms with Crippen molar-refractivity contribution in [2.24, 2.45) is 5.92 Å². The van der Waals surface area contributed by atoms with Gasteiger partial charge in [-0.15, -0.1) is 0 Å². The Balaban J connectivity index is 1.25. The van der Waals surface area contributed by atoms with E-state index in [9.17, 15) is 9.59 Å². The number of carbonyl (C=O) groups is 2. The van der Waals surface area contributed by atoms with Crippen LogP contribution in [0, 0.1) is 12.8 Å². The first kappa shape index (κ1) is 18.5. The summed E-state index contributed by atoms with van der Waals surface area (Å²) in [6.07, 6.45) is 6.27. The molecule has 0 unspecified atom stereocenters. The summed E-state index contributed by atoms with van der Waals surface area (Å²) >= 11 is 0. The molecule has 4 rings (SSSR count). The number of ether oxygens (including phenoxy) is 1. The highest BCUT2D eigenvalue weighted by molar-refractivity contribution is 5.99. The molecule has 0 saturated carbocycles. The molecule has 1 fully saturated rings. The van der Waals surface area contributed by atoms with E-state index in [1.54, 1.807) is 12.1 Å². The van der Waals surface area contributed by atoms with Crippen LogP contribution in [0.3, 0.4) is 0 Å². The third-order valence-electron chi connectivity index (χ3n) is 5.74. The van der Waals surface area contributed by atoms with Crippen molar-refractivity contribution in [2.75, 3.05) is 18.4 Å². The molecule has 28 heavy (non-hydrogen) atoms. The molecule has 1 atom stereocenters. The van der Waals surface area contributed by atoms with Gasteiger partial charge in [-0.1, -0.05) is 12.1 Å². The van der Waals surface area contributed by atoms with E-state index >= 15 is 0 Å². The zero-order chi connectivity index (χ0) is 19.5. The van der Waals surface area contributed by atoms with Crippen molar-refractivity contribution in [1.82, 2.24) is 14.5 Å². The standard InChI is InChI=1S/C21H26N4O3/c1-15-22-9-13-24(15)10-6-16-7-11-25(12-8-16)20(26)14-19-21(27)23-17-4-2-3-5-18(17)28-19/h2-5,9,13,16,19H,6-8,10-12,14H2,1H3,(H,23,27)/t19-/m1/s1. The van der Waals surface area contributed by atoms with Gasteiger partial charge in [-0.25, -0.2) is 4.98 Å². The van der Waals surface area contributed by atoms with Crippen LogP contribution in [-0.2, 0) is 16.1 Å². The summed E-state index contributed by atoms with van der Waals surface area (Å²) in [5, 5.41) is 2.82. The van der Waals surface area contributed by atoms with Gasteiger partial charge in [0.1, 0.15) is 11.6 Å². The number of imidazole rings is 1. The van der Waals surface area contributed by atoms with E-state index in [1.165, 1.54) is 0 Å². The minimum absolute atomic E-state index is 0.0107. The third kappa shape index (κ3) is 4.03. The Labute approximate surface area is 164 Å². The number of piperidine rings is 1. The number of hydrogen-bond donors (Lipinski definition) is 1. The van der Waals surface area contributed by atoms with E-state index < -0.39 is 6.10 Å². The van der Waals surface area contributed by atoms with Gasteiger partial charge in [0.2, 0.25) is 5.91 Å². The fourth-order valence-electron chi connectivity index (χ4n) is 3.95. The van der Waals surface area contributed by atoms with E-state index in [0.717, 1.165) is 44.7 Å². The Kier molecular flexibility index (Phi) is 5.32. The minimum atomic E-state index is -0.760. The van der Waals surface area contributed by atoms with Crippen molar-refractivity contribution in [3.63, 3.8) is 0 Å². The summed E-state index contributed by atoms with van der Waals surface area (Å²) < 4.78 is 7.92. The summed E-state index contributed by atoms with van der Waals surface area (Å²) in [6, 6.07) is 7.29. The molecule has 0 spiro atoms. The summed E-state index contributed by atoms with van der Waals surface area (Å²) in [4.78, 5) is 31.0. The molecule has 2 amide bonds. The van der Waals surface area contributed by atoms with Crippen LogP contribution in [0.1, 0.15) is 31.5 Å². The van der Waals surface area contributed by atoms with Crippen LogP contribution in [0.5, 0.6) is 5.75 Å². The van der Waals surface area contributed by atoms with E-state index in [-0.39, 0.29) is 18.2 Å². The highest BCUT2D eigenvalue weighted by atomic mass is 16.5. The number of rotatable bonds is 5. The number of benzene rings is 1. The Morgan fingerprint density at radius 2 is 2.07 bits per heavy atom. The Morgan fingerprint density at radius 1 is 1.29 bits per heavy atom. The van der Waals surface area contributed by atoms with E-state index in [4.69, 9.17) is 4.74 Å². The Hall–Kier alpha value is -2.83. The molecule has 1 aromatic heterocycles. The molecule has 1 aromatic carbocycles. The molecule has 2 aromatic rings. The Morgan fingerprint density at radius 3 is 2.82 bits per heavy atom. The molecule has 1 saturated heterocycles. The van der Waals surface area contributed by atoms with Gasteiger partial charge in [-0.3, -0.25) is 9.59 Å². The molecule has 7 nitrogen and oxygen atoms in total. The van der Waals surface area contributed by atoms with E-state index in [1.807, 2.05) is 36.4 Å². The number of nitrogens with zero attached hydrogens (tertiary/aromatic N) is 3. The number of likely N-dealkylation sites (tertiary alicyclic amines) is 1. The first-order valence-electron chi connectivity index (χ1n) is 9.92. The first-order chi connectivity index (χ1) is 13.6. The average molecular weight is 382 g/mol. The second-order valence-electron chi connectivity index (χ2n) is 7.58. The second-order valence-corrected chi connectivity index (χ2v) is 7.58. The van der Waals surface area contributed by atoms with Crippen molar-refractivity contribution in [1.29, 1.82) is 0 Å². The molecular formula is C21H26N4O3. The lowest BCUT2D eigenvalue weighted by Gasteiger charge is -2.33. The normalized spacial score (nSPS) is 19.7. The van der Waals surface area contributed by atoms with Gasteiger partial charge in [0.05, 0.1) is 12.1 Å². The van der Waals surface area contributed by atoms with Gasteiger partial charge in [0.25, 0.3) is 5.91 Å². The number of fused-ring (bicyclic) bond motifs is 1. The number of hydrogen-bond acceptors (Lipinski definition) is 4. The van der Waals surface area contributed by atoms with Crippen molar-refractivity contribution in [3.05, 3.63) is 42.5 Å². The molecule has 3 heterocycles. The number of aryl methyl sites for hydroxylation is 2. The van der Waals surface area contributed by atoms with Gasteiger partial charge >= 0.3 is 0 Å². The van der Waals surface area contributed by atoms with Gasteiger partial charge in [0, 0.05) is 32.0 Å². The summed E-state index contributed by atoms with van der Waals surface area (Å²) in [7, 11) is 0. The van der Waals surface area contributed by atoms with Crippen molar-refractivity contribution in [3.8, 4) is 5.75 Å². The maximum absolute atomic E-state index is 12.7. The van der Waals surface area contributed by atoms with Crippen LogP contribution < -0.4 is 10.1 Å². The topological polar surface area (TPSA) is 76.5 Å². The molecule has 2 aliphatic rings. The van der Waals surface area contributed by atoms with E-state index in [2.05, 4.69) is 14.9 Å². The van der Waals surface area contributed by atoms with Crippen LogP contribution in [0.15, 0.2) is 36.7 Å². The molecular weight excluding hydrogens is 356 g/mol. The molecule has 7 heteroatoms. The zero-order valence-electron chi connectivity index (χ0n) is 16.1. The van der Waals surface area contributed by atoms with Crippen LogP contribution in [0.2, 0.25) is 0 Å². The number of para-hydroxylation sites is 2. The summed E-state index contributed by atoms with van der Waals surface area (Å²) in [5.41, 5.74) is 0.658. The fourth-order valence-corrected chi connectivity index (χ4v) is 3.95. The number of carbonyl (C=O) groups excluding carboxylic acids is 2. The molecule has 0 aliphatic carbocycles. The second kappa shape index (κ2) is 8.04. The lowest BCUT2D eigenvalue weighted by atomic mass is 9.93. The molecule has 148 valence electrons. The number of aromatic nitrogens is 2. The van der Waals surface area contributed by atoms with Crippen molar-refractivity contribution in [2.45, 2.75) is 45.3 Å². The van der Waals surface area contributed by atoms with Crippen LogP contribution in [0.4, 0.5) is 5.69 Å². The fraction of sp³-hybridized carbons (Fsp3) is 0.476. The lowest BCUT2D eigenvalue weighted by molar-refractivity contribution is -0.138. The van der Waals surface area contributed by atoms with Crippen molar-refractivity contribution >= 4 is 17.5 Å². The zero-order valence-corrected chi connectivity index (χ0v) is 16.1. The predicted molar refractivity (Wildman–Crippen MR) is 105 cm³/mol. The number of nitrogens with one attached hydrogen (secondary N) is 1. The van der Waals surface area contributed by atoms with Gasteiger partial charge in [-0.2, -0.15) is 0 Å². The highest BCUT2D eigenvalue weighted by Gasteiger charge is 2.32. The molecule has 0 radical (unpaired) electrons. The third-order valence-corrected chi connectivity index (χ3v) is 5.74. The highest BCUT2D eigenvalue weighted by Crippen LogP contribution is 2.30. The lowest BCUT2D eigenvalue weighted by Crippen LogP contribution is -2.44. The number of anilines is 1. The SMILES string of the molecule is Cc1nccn1CCC1CCN(C(=O)C[C@H]2Oc3ccccc3NC2=O)CC1.